The van der Waals surface area contributed by atoms with E-state index in [2.05, 4.69) is 64.1 Å². The van der Waals surface area contributed by atoms with Crippen LogP contribution in [0.2, 0.25) is 0 Å². The predicted octanol–water partition coefficient (Wildman–Crippen LogP) is 3.67. The predicted molar refractivity (Wildman–Crippen MR) is 108 cm³/mol. The molecule has 20 heavy (non-hydrogen) atoms. The van der Waals surface area contributed by atoms with Crippen LogP contribution in [0.25, 0.3) is 33.1 Å². The average molecular weight is 480 g/mol. The highest BCUT2D eigenvalue weighted by molar-refractivity contribution is 14.2. The van der Waals surface area contributed by atoms with Crippen molar-refractivity contribution < 1.29 is 0 Å². The monoisotopic (exact) mass is 480 g/mol. The SMILES string of the molecule is C1=Cc2c(c3ccccc3c3c2=CC=C=IC=3)C=CI=1. The van der Waals surface area contributed by atoms with Crippen molar-refractivity contribution in [2.45, 2.75) is 0 Å². The Kier molecular flexibility index (Phi) is 3.41. The number of rotatable bonds is 0. The summed E-state index contributed by atoms with van der Waals surface area (Å²) in [6.45, 7) is 0. The van der Waals surface area contributed by atoms with Gasteiger partial charge in [0, 0.05) is 0 Å². The van der Waals surface area contributed by atoms with E-state index in [4.69, 9.17) is 0 Å². The maximum Gasteiger partial charge on any atom is -0.00167 e. The summed E-state index contributed by atoms with van der Waals surface area (Å²) >= 11 is -0.173. The molecule has 0 amide bonds. The summed E-state index contributed by atoms with van der Waals surface area (Å²) in [6, 6.07) is 8.76. The largest absolute Gasteiger partial charge is 0.0825 e. The summed E-state index contributed by atoms with van der Waals surface area (Å²) in [5, 5.41) is 5.45. The number of benzene rings is 2. The molecule has 0 nitrogen and oxygen atoms in total. The zero-order valence-corrected chi connectivity index (χ0v) is 14.8. The minimum absolute atomic E-state index is 0.0681. The molecule has 2 heteroatoms. The summed E-state index contributed by atoms with van der Waals surface area (Å²) < 4.78 is 11.6. The van der Waals surface area contributed by atoms with Crippen LogP contribution in [-0.4, -0.2) is 7.33 Å². The third-order valence-corrected chi connectivity index (χ3v) is 6.52. The van der Waals surface area contributed by atoms with E-state index in [0.717, 1.165) is 0 Å². The molecule has 4 rings (SSSR count). The van der Waals surface area contributed by atoms with Gasteiger partial charge in [-0.05, 0) is 106 Å². The van der Waals surface area contributed by atoms with Crippen LogP contribution in [-0.2, 0) is 0 Å². The van der Waals surface area contributed by atoms with Gasteiger partial charge in [0.1, 0.15) is 0 Å². The molecular weight excluding hydrogens is 470 g/mol. The van der Waals surface area contributed by atoms with Gasteiger partial charge in [0.15, 0.2) is 0 Å². The van der Waals surface area contributed by atoms with Crippen LogP contribution < -0.4 is 10.4 Å². The summed E-state index contributed by atoms with van der Waals surface area (Å²) in [4.78, 5) is 0. The molecule has 2 aromatic carbocycles. The zero-order valence-electron chi connectivity index (χ0n) is 10.5. The van der Waals surface area contributed by atoms with Gasteiger partial charge >= 0.3 is 0 Å². The standard InChI is InChI=1S/C18H10I2/c1-2-5-14-13(4-1)16-7-10-19-11-8-17(16)15-6-3-9-20-12-18(14)15/h1-8,10,12H. The van der Waals surface area contributed by atoms with Gasteiger partial charge in [-0.25, -0.2) is 0 Å². The molecule has 0 aromatic heterocycles. The highest BCUT2D eigenvalue weighted by Crippen LogP contribution is 2.23. The molecule has 0 unspecified atom stereocenters. The molecule has 2 aliphatic heterocycles. The van der Waals surface area contributed by atoms with Crippen molar-refractivity contribution in [1.29, 1.82) is 0 Å². The fraction of sp³-hybridized carbons (Fsp3) is 0. The Labute approximate surface area is 137 Å². The Hall–Kier alpha value is -1.06. The lowest BCUT2D eigenvalue weighted by Gasteiger charge is -2.09. The van der Waals surface area contributed by atoms with Gasteiger partial charge in [-0.2, -0.15) is 0 Å². The first-order valence-electron chi connectivity index (χ1n) is 6.29. The topological polar surface area (TPSA) is 0 Å². The lowest BCUT2D eigenvalue weighted by atomic mass is 9.94. The molecule has 0 spiro atoms. The van der Waals surface area contributed by atoms with Crippen LogP contribution in [0.3, 0.4) is 0 Å². The first-order valence-corrected chi connectivity index (χ1v) is 10.9. The molecule has 0 fully saturated rings. The minimum atomic E-state index is -0.105. The maximum absolute atomic E-state index is 3.48. The molecule has 2 aromatic rings. The van der Waals surface area contributed by atoms with E-state index < -0.39 is 0 Å². The summed E-state index contributed by atoms with van der Waals surface area (Å²) in [5.74, 6) is 0. The molecule has 2 heterocycles. The van der Waals surface area contributed by atoms with E-state index in [1.54, 1.807) is 0 Å². The quantitative estimate of drug-likeness (QED) is 0.506. The van der Waals surface area contributed by atoms with Crippen molar-refractivity contribution in [2.24, 2.45) is 0 Å². The Morgan fingerprint density at radius 1 is 0.850 bits per heavy atom. The first kappa shape index (κ1) is 12.7. The van der Waals surface area contributed by atoms with Crippen molar-refractivity contribution >= 4 is 81.9 Å². The number of halogens is 2. The highest BCUT2D eigenvalue weighted by atomic mass is 127. The Morgan fingerprint density at radius 3 is 2.70 bits per heavy atom. The molecule has 2 aliphatic rings. The fourth-order valence-electron chi connectivity index (χ4n) is 2.62. The zero-order chi connectivity index (χ0) is 13.4. The van der Waals surface area contributed by atoms with E-state index in [1.807, 2.05) is 0 Å². The van der Waals surface area contributed by atoms with E-state index in [-0.39, 0.29) is 41.5 Å². The second-order valence-corrected chi connectivity index (χ2v) is 8.35. The molecule has 0 radical (unpaired) electrons. The maximum atomic E-state index is 3.48. The number of allylic oxidation sites excluding steroid dienone is 1. The third kappa shape index (κ3) is 2.04. The average Bonchev–Trinajstić information content (AvgIpc) is 2.88. The van der Waals surface area contributed by atoms with Crippen molar-refractivity contribution in [3.8, 4) is 0 Å². The highest BCUT2D eigenvalue weighted by Gasteiger charge is 2.09. The Balaban J connectivity index is 2.38. The lowest BCUT2D eigenvalue weighted by molar-refractivity contribution is 1.54. The van der Waals surface area contributed by atoms with E-state index >= 15 is 0 Å². The summed E-state index contributed by atoms with van der Waals surface area (Å²) in [5.41, 5.74) is 2.68. The van der Waals surface area contributed by atoms with Gasteiger partial charge in [-0.15, -0.1) is 0 Å². The second-order valence-electron chi connectivity index (χ2n) is 4.52. The summed E-state index contributed by atoms with van der Waals surface area (Å²) in [6.07, 6.45) is 8.82. The number of hydrogen-bond donors (Lipinski definition) is 0. The van der Waals surface area contributed by atoms with Crippen molar-refractivity contribution in [3.63, 3.8) is 0 Å². The first-order chi connectivity index (χ1) is 9.95. The number of hydrogen-bond acceptors (Lipinski definition) is 0. The molecule has 0 saturated heterocycles. The van der Waals surface area contributed by atoms with Crippen molar-refractivity contribution in [1.82, 2.24) is 0 Å². The third-order valence-electron chi connectivity index (χ3n) is 3.47. The Morgan fingerprint density at radius 2 is 1.75 bits per heavy atom. The van der Waals surface area contributed by atoms with Gasteiger partial charge in [-0.3, -0.25) is 0 Å². The van der Waals surface area contributed by atoms with Crippen LogP contribution in [0.15, 0.2) is 34.4 Å². The molecule has 0 bridgehead atoms. The van der Waals surface area contributed by atoms with Gasteiger partial charge in [-0.1, -0.05) is 31.6 Å². The fourth-order valence-corrected chi connectivity index (χ4v) is 5.41. The van der Waals surface area contributed by atoms with Gasteiger partial charge in [0.25, 0.3) is 0 Å². The smallest absolute Gasteiger partial charge is 0.00167 e. The lowest BCUT2D eigenvalue weighted by Crippen LogP contribution is -2.28. The molecule has 0 aliphatic carbocycles. The van der Waals surface area contributed by atoms with E-state index in [0.29, 0.717) is 0 Å². The van der Waals surface area contributed by atoms with Crippen molar-refractivity contribution in [2.75, 3.05) is 0 Å². The van der Waals surface area contributed by atoms with Gasteiger partial charge < -0.3 is 0 Å². The van der Waals surface area contributed by atoms with Crippen LogP contribution in [0.4, 0.5) is 0 Å². The summed E-state index contributed by atoms with van der Waals surface area (Å²) in [7, 11) is 0. The van der Waals surface area contributed by atoms with Crippen LogP contribution in [0, 0.1) is 0 Å². The second kappa shape index (κ2) is 5.38. The molecular formula is C18H10I2. The van der Waals surface area contributed by atoms with Gasteiger partial charge in [0.05, 0.1) is 0 Å². The Bertz CT molecular complexity index is 1010. The van der Waals surface area contributed by atoms with Crippen LogP contribution >= 0.6 is 41.5 Å². The number of fused-ring (bicyclic) bond motifs is 6. The molecule has 0 atom stereocenters. The molecule has 0 saturated carbocycles. The normalized spacial score (nSPS) is 15.0. The van der Waals surface area contributed by atoms with E-state index in [1.165, 1.54) is 32.3 Å². The van der Waals surface area contributed by atoms with Crippen LogP contribution in [0.5, 0.6) is 0 Å². The van der Waals surface area contributed by atoms with Crippen LogP contribution in [0.1, 0.15) is 11.1 Å². The molecule has 96 valence electrons. The van der Waals surface area contributed by atoms with E-state index in [9.17, 15) is 0 Å². The minimum Gasteiger partial charge on any atom is -0.0825 e. The molecule has 0 N–H and O–H groups in total. The van der Waals surface area contributed by atoms with Gasteiger partial charge in [0.2, 0.25) is 0 Å². The van der Waals surface area contributed by atoms with Crippen molar-refractivity contribution in [3.05, 3.63) is 56.0 Å².